The van der Waals surface area contributed by atoms with Crippen molar-refractivity contribution in [1.82, 2.24) is 10.6 Å². The number of methoxy groups -OCH3 is 1. The molecule has 0 heterocycles. The molecule has 2 aromatic carbocycles. The smallest absolute Gasteiger partial charge is 0.268 e. The molecular formula is C24H28N2O4. The van der Waals surface area contributed by atoms with E-state index in [1.807, 2.05) is 0 Å². The zero-order valence-corrected chi connectivity index (χ0v) is 17.6. The summed E-state index contributed by atoms with van der Waals surface area (Å²) in [7, 11) is 1.58. The summed E-state index contributed by atoms with van der Waals surface area (Å²) >= 11 is 0. The highest BCUT2D eigenvalue weighted by atomic mass is 16.5. The Kier molecular flexibility index (Phi) is 8.69. The van der Waals surface area contributed by atoms with Crippen molar-refractivity contribution in [2.45, 2.75) is 13.8 Å². The number of carbonyl (C=O) groups is 2. The van der Waals surface area contributed by atoms with Crippen LogP contribution in [0.4, 0.5) is 0 Å². The van der Waals surface area contributed by atoms with Crippen LogP contribution in [0, 0.1) is 5.92 Å². The summed E-state index contributed by atoms with van der Waals surface area (Å²) in [4.78, 5) is 25.2. The van der Waals surface area contributed by atoms with Gasteiger partial charge in [-0.05, 0) is 54.0 Å². The maximum Gasteiger partial charge on any atom is 0.268 e. The Hall–Kier alpha value is -3.54. The topological polar surface area (TPSA) is 76.7 Å². The van der Waals surface area contributed by atoms with E-state index in [1.165, 1.54) is 0 Å². The summed E-state index contributed by atoms with van der Waals surface area (Å²) in [5.74, 6) is 1.01. The highest BCUT2D eigenvalue weighted by Gasteiger charge is 2.14. The van der Waals surface area contributed by atoms with Gasteiger partial charge in [-0.15, -0.1) is 6.58 Å². The molecule has 0 aliphatic carbocycles. The van der Waals surface area contributed by atoms with Crippen molar-refractivity contribution in [1.29, 1.82) is 0 Å². The van der Waals surface area contributed by atoms with E-state index in [2.05, 4.69) is 31.1 Å². The standard InChI is InChI=1S/C24H28N2O4/c1-5-14-25-24(28)22(15-18-6-10-20(29-4)11-7-18)26-23(27)19-8-12-21(13-9-19)30-16-17(2)3/h5-13,15,17H,1,14,16H2,2-4H3,(H,25,28)(H,26,27). The molecule has 0 fully saturated rings. The number of hydrogen-bond donors (Lipinski definition) is 2. The molecule has 0 atom stereocenters. The second-order valence-electron chi connectivity index (χ2n) is 7.01. The molecule has 6 nitrogen and oxygen atoms in total. The molecule has 0 unspecified atom stereocenters. The monoisotopic (exact) mass is 408 g/mol. The van der Waals surface area contributed by atoms with Gasteiger partial charge in [0, 0.05) is 12.1 Å². The summed E-state index contributed by atoms with van der Waals surface area (Å²) in [6, 6.07) is 14.0. The quantitative estimate of drug-likeness (QED) is 0.463. The first-order valence-electron chi connectivity index (χ1n) is 9.72. The van der Waals surface area contributed by atoms with Crippen LogP contribution in [0.5, 0.6) is 11.5 Å². The number of benzene rings is 2. The van der Waals surface area contributed by atoms with Crippen molar-refractivity contribution in [3.8, 4) is 11.5 Å². The third-order valence-electron chi connectivity index (χ3n) is 4.03. The molecule has 6 heteroatoms. The van der Waals surface area contributed by atoms with Crippen molar-refractivity contribution >= 4 is 17.9 Å². The van der Waals surface area contributed by atoms with Crippen LogP contribution in [0.25, 0.3) is 6.08 Å². The maximum absolute atomic E-state index is 12.7. The number of rotatable bonds is 10. The maximum atomic E-state index is 12.7. The average Bonchev–Trinajstić information content (AvgIpc) is 2.76. The largest absolute Gasteiger partial charge is 0.497 e. The number of amides is 2. The highest BCUT2D eigenvalue weighted by molar-refractivity contribution is 6.05. The first kappa shape index (κ1) is 22.7. The van der Waals surface area contributed by atoms with E-state index >= 15 is 0 Å². The Morgan fingerprint density at radius 3 is 2.23 bits per heavy atom. The molecule has 0 saturated carbocycles. The van der Waals surface area contributed by atoms with Crippen molar-refractivity contribution in [3.05, 3.63) is 78.0 Å². The van der Waals surface area contributed by atoms with Crippen LogP contribution in [-0.2, 0) is 4.79 Å². The molecule has 0 aromatic heterocycles. The molecule has 0 spiro atoms. The van der Waals surface area contributed by atoms with Gasteiger partial charge in [0.15, 0.2) is 0 Å². The second-order valence-corrected chi connectivity index (χ2v) is 7.01. The lowest BCUT2D eigenvalue weighted by Gasteiger charge is -2.12. The van der Waals surface area contributed by atoms with E-state index in [4.69, 9.17) is 9.47 Å². The predicted octanol–water partition coefficient (Wildman–Crippen LogP) is 3.80. The minimum Gasteiger partial charge on any atom is -0.497 e. The van der Waals surface area contributed by atoms with Crippen LogP contribution in [0.3, 0.4) is 0 Å². The first-order valence-corrected chi connectivity index (χ1v) is 9.72. The van der Waals surface area contributed by atoms with Gasteiger partial charge in [0.05, 0.1) is 13.7 Å². The van der Waals surface area contributed by atoms with Gasteiger partial charge in [-0.3, -0.25) is 9.59 Å². The van der Waals surface area contributed by atoms with E-state index < -0.39 is 5.91 Å². The lowest BCUT2D eigenvalue weighted by molar-refractivity contribution is -0.117. The van der Waals surface area contributed by atoms with Crippen molar-refractivity contribution < 1.29 is 19.1 Å². The van der Waals surface area contributed by atoms with Gasteiger partial charge >= 0.3 is 0 Å². The zero-order valence-electron chi connectivity index (χ0n) is 17.6. The summed E-state index contributed by atoms with van der Waals surface area (Å²) in [5, 5.41) is 5.38. The zero-order chi connectivity index (χ0) is 21.9. The van der Waals surface area contributed by atoms with Gasteiger partial charge in [0.25, 0.3) is 11.8 Å². The molecule has 0 radical (unpaired) electrons. The van der Waals surface area contributed by atoms with E-state index in [-0.39, 0.29) is 18.1 Å². The predicted molar refractivity (Wildman–Crippen MR) is 118 cm³/mol. The lowest BCUT2D eigenvalue weighted by atomic mass is 10.1. The molecule has 2 aromatic rings. The van der Waals surface area contributed by atoms with Crippen LogP contribution in [0.15, 0.2) is 66.9 Å². The summed E-state index contributed by atoms with van der Waals surface area (Å²) in [6.07, 6.45) is 3.18. The van der Waals surface area contributed by atoms with E-state index in [0.29, 0.717) is 29.6 Å². The van der Waals surface area contributed by atoms with Crippen molar-refractivity contribution in [2.75, 3.05) is 20.3 Å². The molecule has 158 valence electrons. The Bertz CT molecular complexity index is 884. The van der Waals surface area contributed by atoms with Gasteiger partial charge < -0.3 is 20.1 Å². The van der Waals surface area contributed by atoms with Gasteiger partial charge in [-0.1, -0.05) is 32.1 Å². The van der Waals surface area contributed by atoms with Crippen LogP contribution in [0.1, 0.15) is 29.8 Å². The first-order chi connectivity index (χ1) is 14.4. The SMILES string of the molecule is C=CCNC(=O)C(=Cc1ccc(OC)cc1)NC(=O)c1ccc(OCC(C)C)cc1. The van der Waals surface area contributed by atoms with Crippen LogP contribution in [-0.4, -0.2) is 32.1 Å². The van der Waals surface area contributed by atoms with Crippen LogP contribution in [0.2, 0.25) is 0 Å². The molecule has 2 rings (SSSR count). The fourth-order valence-electron chi connectivity index (χ4n) is 2.45. The van der Waals surface area contributed by atoms with Crippen molar-refractivity contribution in [2.24, 2.45) is 5.92 Å². The lowest BCUT2D eigenvalue weighted by Crippen LogP contribution is -2.34. The molecule has 0 saturated heterocycles. The van der Waals surface area contributed by atoms with Crippen molar-refractivity contribution in [3.63, 3.8) is 0 Å². The van der Waals surface area contributed by atoms with Gasteiger partial charge in [-0.2, -0.15) is 0 Å². The molecule has 0 aliphatic heterocycles. The minimum atomic E-state index is -0.407. The van der Waals surface area contributed by atoms with Gasteiger partial charge in [0.2, 0.25) is 0 Å². The molecule has 0 aliphatic rings. The third kappa shape index (κ3) is 7.13. The molecule has 0 bridgehead atoms. The van der Waals surface area contributed by atoms with Gasteiger partial charge in [0.1, 0.15) is 17.2 Å². The van der Waals surface area contributed by atoms with E-state index in [9.17, 15) is 9.59 Å². The Labute approximate surface area is 177 Å². The van der Waals surface area contributed by atoms with E-state index in [0.717, 1.165) is 5.56 Å². The normalized spacial score (nSPS) is 11.0. The fourth-order valence-corrected chi connectivity index (χ4v) is 2.45. The number of hydrogen-bond acceptors (Lipinski definition) is 4. The number of carbonyl (C=O) groups excluding carboxylic acids is 2. The fraction of sp³-hybridized carbons (Fsp3) is 0.250. The molecular weight excluding hydrogens is 380 g/mol. The van der Waals surface area contributed by atoms with Gasteiger partial charge in [-0.25, -0.2) is 0 Å². The number of ether oxygens (including phenoxy) is 2. The average molecular weight is 408 g/mol. The second kappa shape index (κ2) is 11.5. The molecule has 30 heavy (non-hydrogen) atoms. The minimum absolute atomic E-state index is 0.132. The third-order valence-corrected chi connectivity index (χ3v) is 4.03. The molecule has 2 N–H and O–H groups in total. The number of nitrogens with one attached hydrogen (secondary N) is 2. The molecule has 2 amide bonds. The Morgan fingerprint density at radius 2 is 1.67 bits per heavy atom. The summed E-state index contributed by atoms with van der Waals surface area (Å²) < 4.78 is 10.8. The summed E-state index contributed by atoms with van der Waals surface area (Å²) in [5.41, 5.74) is 1.30. The Balaban J connectivity index is 2.17. The summed E-state index contributed by atoms with van der Waals surface area (Å²) in [6.45, 7) is 8.61. The Morgan fingerprint density at radius 1 is 1.03 bits per heavy atom. The highest BCUT2D eigenvalue weighted by Crippen LogP contribution is 2.15. The van der Waals surface area contributed by atoms with Crippen LogP contribution >= 0.6 is 0 Å². The van der Waals surface area contributed by atoms with E-state index in [1.54, 1.807) is 67.8 Å². The van der Waals surface area contributed by atoms with Crippen LogP contribution < -0.4 is 20.1 Å².